The maximum atomic E-state index is 14.4. The summed E-state index contributed by atoms with van der Waals surface area (Å²) >= 11 is 0.639. The molecule has 0 aromatic heterocycles. The van der Waals surface area contributed by atoms with Crippen molar-refractivity contribution in [3.8, 4) is 6.07 Å². The highest BCUT2D eigenvalue weighted by Crippen LogP contribution is 2.35. The first kappa shape index (κ1) is 14.5. The van der Waals surface area contributed by atoms with Crippen molar-refractivity contribution in [3.63, 3.8) is 0 Å². The third-order valence-corrected chi connectivity index (χ3v) is 3.53. The average molecular weight is 266 g/mol. The van der Waals surface area contributed by atoms with E-state index in [1.807, 2.05) is 0 Å². The van der Waals surface area contributed by atoms with Gasteiger partial charge in [-0.25, -0.2) is 4.39 Å². The van der Waals surface area contributed by atoms with Crippen molar-refractivity contribution in [3.05, 3.63) is 30.3 Å². The van der Waals surface area contributed by atoms with Crippen LogP contribution >= 0.6 is 11.8 Å². The Morgan fingerprint density at radius 1 is 1.39 bits per heavy atom. The van der Waals surface area contributed by atoms with Crippen LogP contribution in [0, 0.1) is 11.3 Å². The smallest absolute Gasteiger partial charge is 0.323 e. The van der Waals surface area contributed by atoms with Gasteiger partial charge in [-0.3, -0.25) is 4.79 Å². The molecule has 0 N–H and O–H groups in total. The summed E-state index contributed by atoms with van der Waals surface area (Å²) in [6, 6.07) is 10.1. The van der Waals surface area contributed by atoms with Gasteiger partial charge in [-0.15, -0.1) is 0 Å². The first-order valence-corrected chi connectivity index (χ1v) is 6.52. The van der Waals surface area contributed by atoms with Crippen LogP contribution in [0.5, 0.6) is 0 Å². The van der Waals surface area contributed by atoms with Crippen LogP contribution in [0.3, 0.4) is 0 Å². The molecule has 0 bridgehead atoms. The maximum Gasteiger partial charge on any atom is 0.323 e. The zero-order valence-corrected chi connectivity index (χ0v) is 11.2. The van der Waals surface area contributed by atoms with E-state index in [1.54, 1.807) is 44.2 Å². The Kier molecular flexibility index (Phi) is 5.17. The molecular formula is C13H15FN2OS. The highest BCUT2D eigenvalue weighted by molar-refractivity contribution is 8.01. The Labute approximate surface area is 111 Å². The van der Waals surface area contributed by atoms with Crippen LogP contribution in [0.4, 0.5) is 4.39 Å². The summed E-state index contributed by atoms with van der Waals surface area (Å²) in [4.78, 5) is 13.8. The molecule has 0 fully saturated rings. The maximum absolute atomic E-state index is 14.4. The standard InChI is InChI=1S/C13H15FN2OS/c1-3-16(4-2)12(17)13(14,10-15)18-11-8-6-5-7-9-11/h5-9H,3-4H2,1-2H3. The lowest BCUT2D eigenvalue weighted by molar-refractivity contribution is -0.135. The van der Waals surface area contributed by atoms with Crippen molar-refractivity contribution in [2.45, 2.75) is 23.7 Å². The monoisotopic (exact) mass is 266 g/mol. The SMILES string of the molecule is CCN(CC)C(=O)C(F)(C#N)Sc1ccccc1. The number of alkyl halides is 1. The predicted octanol–water partition coefficient (Wildman–Crippen LogP) is 2.84. The quantitative estimate of drug-likeness (QED) is 0.770. The Morgan fingerprint density at radius 2 is 1.94 bits per heavy atom. The summed E-state index contributed by atoms with van der Waals surface area (Å²) in [7, 11) is 0. The Balaban J connectivity index is 2.93. The summed E-state index contributed by atoms with van der Waals surface area (Å²) in [5, 5.41) is 6.40. The Bertz CT molecular complexity index is 442. The second-order valence-electron chi connectivity index (χ2n) is 3.60. The fourth-order valence-electron chi connectivity index (χ4n) is 1.48. The van der Waals surface area contributed by atoms with Gasteiger partial charge in [0.2, 0.25) is 0 Å². The van der Waals surface area contributed by atoms with Gasteiger partial charge < -0.3 is 4.90 Å². The molecule has 1 unspecified atom stereocenters. The minimum absolute atomic E-state index is 0.387. The zero-order chi connectivity index (χ0) is 13.6. The molecule has 0 aliphatic carbocycles. The van der Waals surface area contributed by atoms with Gasteiger partial charge in [0, 0.05) is 18.0 Å². The van der Waals surface area contributed by atoms with Gasteiger partial charge in [-0.2, -0.15) is 5.26 Å². The molecule has 96 valence electrons. The van der Waals surface area contributed by atoms with E-state index in [1.165, 1.54) is 11.0 Å². The molecule has 0 aliphatic heterocycles. The molecule has 0 aliphatic rings. The normalized spacial score (nSPS) is 13.4. The van der Waals surface area contributed by atoms with Crippen LogP contribution in [0.1, 0.15) is 13.8 Å². The van der Waals surface area contributed by atoms with E-state index in [9.17, 15) is 9.18 Å². The van der Waals surface area contributed by atoms with E-state index in [4.69, 9.17) is 5.26 Å². The fraction of sp³-hybridized carbons (Fsp3) is 0.385. The van der Waals surface area contributed by atoms with Crippen molar-refractivity contribution in [2.75, 3.05) is 13.1 Å². The largest absolute Gasteiger partial charge is 0.339 e. The Morgan fingerprint density at radius 3 is 2.39 bits per heavy atom. The van der Waals surface area contributed by atoms with Crippen LogP contribution < -0.4 is 0 Å². The predicted molar refractivity (Wildman–Crippen MR) is 69.7 cm³/mol. The van der Waals surface area contributed by atoms with Crippen molar-refractivity contribution >= 4 is 17.7 Å². The van der Waals surface area contributed by atoms with Crippen LogP contribution in [0.2, 0.25) is 0 Å². The van der Waals surface area contributed by atoms with Gasteiger partial charge >= 0.3 is 5.00 Å². The Hall–Kier alpha value is -1.54. The number of rotatable bonds is 5. The molecule has 1 atom stereocenters. The fourth-order valence-corrected chi connectivity index (χ4v) is 2.36. The molecule has 0 radical (unpaired) electrons. The molecule has 0 saturated heterocycles. The summed E-state index contributed by atoms with van der Waals surface area (Å²) in [5.41, 5.74) is 0. The van der Waals surface area contributed by atoms with Crippen molar-refractivity contribution in [1.82, 2.24) is 4.90 Å². The molecule has 0 spiro atoms. The summed E-state index contributed by atoms with van der Waals surface area (Å²) in [6.07, 6.45) is 0. The minimum Gasteiger partial charge on any atom is -0.339 e. The second kappa shape index (κ2) is 6.41. The molecule has 0 saturated carbocycles. The number of hydrogen-bond donors (Lipinski definition) is 0. The van der Waals surface area contributed by atoms with E-state index in [2.05, 4.69) is 0 Å². The number of carbonyl (C=O) groups is 1. The van der Waals surface area contributed by atoms with Crippen molar-refractivity contribution in [2.24, 2.45) is 0 Å². The molecule has 18 heavy (non-hydrogen) atoms. The molecule has 3 nitrogen and oxygen atoms in total. The second-order valence-corrected chi connectivity index (χ2v) is 4.84. The molecule has 1 rings (SSSR count). The molecule has 1 amide bonds. The van der Waals surface area contributed by atoms with Crippen LogP contribution in [-0.2, 0) is 4.79 Å². The number of carbonyl (C=O) groups excluding carboxylic acids is 1. The molecule has 1 aromatic carbocycles. The third kappa shape index (κ3) is 3.23. The number of amides is 1. The lowest BCUT2D eigenvalue weighted by atomic mass is 10.3. The van der Waals surface area contributed by atoms with E-state index < -0.39 is 10.9 Å². The highest BCUT2D eigenvalue weighted by atomic mass is 32.2. The first-order chi connectivity index (χ1) is 8.57. The number of nitrogens with zero attached hydrogens (tertiary/aromatic N) is 2. The highest BCUT2D eigenvalue weighted by Gasteiger charge is 2.42. The van der Waals surface area contributed by atoms with Gasteiger partial charge in [0.25, 0.3) is 5.91 Å². The number of thioether (sulfide) groups is 1. The minimum atomic E-state index is -2.56. The zero-order valence-electron chi connectivity index (χ0n) is 10.4. The number of benzene rings is 1. The van der Waals surface area contributed by atoms with E-state index in [0.717, 1.165) is 0 Å². The van der Waals surface area contributed by atoms with Gasteiger partial charge in [0.05, 0.1) is 0 Å². The van der Waals surface area contributed by atoms with Gasteiger partial charge in [0.1, 0.15) is 6.07 Å². The molecule has 5 heteroatoms. The van der Waals surface area contributed by atoms with E-state index in [0.29, 0.717) is 29.7 Å². The van der Waals surface area contributed by atoms with E-state index >= 15 is 0 Å². The lowest BCUT2D eigenvalue weighted by Gasteiger charge is -2.24. The van der Waals surface area contributed by atoms with Gasteiger partial charge in [-0.05, 0) is 26.0 Å². The van der Waals surface area contributed by atoms with E-state index in [-0.39, 0.29) is 0 Å². The number of halogens is 1. The summed E-state index contributed by atoms with van der Waals surface area (Å²) < 4.78 is 14.4. The van der Waals surface area contributed by atoms with Crippen LogP contribution in [0.25, 0.3) is 0 Å². The van der Waals surface area contributed by atoms with Gasteiger partial charge in [-0.1, -0.05) is 30.0 Å². The first-order valence-electron chi connectivity index (χ1n) is 5.71. The third-order valence-electron chi connectivity index (χ3n) is 2.47. The van der Waals surface area contributed by atoms with Gasteiger partial charge in [0.15, 0.2) is 0 Å². The average Bonchev–Trinajstić information content (AvgIpc) is 2.41. The lowest BCUT2D eigenvalue weighted by Crippen LogP contribution is -2.43. The van der Waals surface area contributed by atoms with Crippen LogP contribution in [0.15, 0.2) is 35.2 Å². The van der Waals surface area contributed by atoms with Crippen LogP contribution in [-0.4, -0.2) is 28.9 Å². The van der Waals surface area contributed by atoms with Crippen molar-refractivity contribution in [1.29, 1.82) is 5.26 Å². The molecule has 1 aromatic rings. The number of hydrogen-bond acceptors (Lipinski definition) is 3. The summed E-state index contributed by atoms with van der Waals surface area (Å²) in [5.74, 6) is -0.788. The van der Waals surface area contributed by atoms with Crippen molar-refractivity contribution < 1.29 is 9.18 Å². The molecular weight excluding hydrogens is 251 g/mol. The molecule has 0 heterocycles. The summed E-state index contributed by atoms with van der Waals surface area (Å²) in [6.45, 7) is 4.29. The number of nitriles is 1. The topological polar surface area (TPSA) is 44.1 Å².